The second-order valence-electron chi connectivity index (χ2n) is 4.66. The minimum atomic E-state index is -0.618. The summed E-state index contributed by atoms with van der Waals surface area (Å²) in [6.07, 6.45) is 7.17. The number of aryl methyl sites for hydroxylation is 1. The Balaban J connectivity index is 1.80. The van der Waals surface area contributed by atoms with Gasteiger partial charge in [0.2, 0.25) is 5.91 Å². The van der Waals surface area contributed by atoms with Crippen LogP contribution in [0.5, 0.6) is 0 Å². The van der Waals surface area contributed by atoms with Crippen LogP contribution < -0.4 is 11.1 Å². The highest BCUT2D eigenvalue weighted by molar-refractivity contribution is 7.99. The summed E-state index contributed by atoms with van der Waals surface area (Å²) >= 11 is 1.94. The van der Waals surface area contributed by atoms with E-state index in [0.29, 0.717) is 5.25 Å². The van der Waals surface area contributed by atoms with E-state index in [4.69, 9.17) is 5.73 Å². The maximum absolute atomic E-state index is 11.9. The predicted octanol–water partition coefficient (Wildman–Crippen LogP) is 0.822. The topological polar surface area (TPSA) is 72.9 Å². The Hall–Kier alpha value is -1.01. The number of carbonyl (C=O) groups excluding carboxylic acids is 1. The van der Waals surface area contributed by atoms with E-state index in [0.717, 1.165) is 12.1 Å². The lowest BCUT2D eigenvalue weighted by molar-refractivity contribution is -0.122. The molecule has 0 bridgehead atoms. The zero-order chi connectivity index (χ0) is 13.0. The van der Waals surface area contributed by atoms with Crippen molar-refractivity contribution in [1.82, 2.24) is 15.1 Å². The van der Waals surface area contributed by atoms with Crippen molar-refractivity contribution in [3.63, 3.8) is 0 Å². The smallest absolute Gasteiger partial charge is 0.241 e. The Kier molecular flexibility index (Phi) is 4.66. The van der Waals surface area contributed by atoms with Crippen LogP contribution in [0.4, 0.5) is 0 Å². The molecule has 2 rings (SSSR count). The minimum absolute atomic E-state index is 0.117. The summed E-state index contributed by atoms with van der Waals surface area (Å²) in [7, 11) is 1.81. The average Bonchev–Trinajstić information content (AvgIpc) is 2.83. The molecule has 0 spiro atoms. The molecule has 100 valence electrons. The first-order valence-corrected chi connectivity index (χ1v) is 7.35. The molecule has 18 heavy (non-hydrogen) atoms. The second kappa shape index (κ2) is 6.24. The molecule has 5 nitrogen and oxygen atoms in total. The largest absolute Gasteiger partial charge is 0.353 e. The Morgan fingerprint density at radius 3 is 3.17 bits per heavy atom. The molecular weight excluding hydrogens is 248 g/mol. The molecule has 0 saturated carbocycles. The summed E-state index contributed by atoms with van der Waals surface area (Å²) in [5.74, 6) is 1.09. The highest BCUT2D eigenvalue weighted by atomic mass is 32.2. The molecule has 0 aliphatic carbocycles. The number of rotatable bonds is 4. The molecular formula is C12H20N4OS. The van der Waals surface area contributed by atoms with Crippen LogP contribution in [0.15, 0.2) is 12.4 Å². The van der Waals surface area contributed by atoms with E-state index >= 15 is 0 Å². The third kappa shape index (κ3) is 3.49. The van der Waals surface area contributed by atoms with E-state index in [9.17, 15) is 4.79 Å². The third-order valence-electron chi connectivity index (χ3n) is 3.14. The lowest BCUT2D eigenvalue weighted by atomic mass is 10.1. The summed E-state index contributed by atoms with van der Waals surface area (Å²) in [5.41, 5.74) is 6.65. The summed E-state index contributed by atoms with van der Waals surface area (Å²) in [6, 6.07) is -0.618. The van der Waals surface area contributed by atoms with Crippen molar-refractivity contribution >= 4 is 17.7 Å². The number of nitrogens with zero attached hydrogens (tertiary/aromatic N) is 2. The number of nitrogens with one attached hydrogen (secondary N) is 1. The van der Waals surface area contributed by atoms with Crippen LogP contribution in [-0.2, 0) is 11.8 Å². The molecule has 1 aromatic rings. The van der Waals surface area contributed by atoms with Gasteiger partial charge in [-0.05, 0) is 18.6 Å². The molecule has 1 aromatic heterocycles. The first-order chi connectivity index (χ1) is 8.66. The monoisotopic (exact) mass is 268 g/mol. The number of amides is 1. The van der Waals surface area contributed by atoms with E-state index in [1.54, 1.807) is 17.1 Å². The van der Waals surface area contributed by atoms with Gasteiger partial charge in [0, 0.05) is 30.6 Å². The molecule has 6 heteroatoms. The SMILES string of the molecule is Cn1cc(C(N)C(=O)NCC2CCCCS2)cn1. The van der Waals surface area contributed by atoms with Crippen LogP contribution in [0.2, 0.25) is 0 Å². The van der Waals surface area contributed by atoms with Crippen molar-refractivity contribution in [2.75, 3.05) is 12.3 Å². The molecule has 1 amide bonds. The van der Waals surface area contributed by atoms with Gasteiger partial charge in [0.25, 0.3) is 0 Å². The van der Waals surface area contributed by atoms with Crippen LogP contribution in [0.25, 0.3) is 0 Å². The number of aromatic nitrogens is 2. The third-order valence-corrected chi connectivity index (χ3v) is 4.54. The van der Waals surface area contributed by atoms with Crippen LogP contribution >= 0.6 is 11.8 Å². The Bertz CT molecular complexity index is 401. The normalized spacial score (nSPS) is 21.6. The van der Waals surface area contributed by atoms with Crippen LogP contribution in [0.1, 0.15) is 30.9 Å². The molecule has 3 N–H and O–H groups in total. The number of carbonyl (C=O) groups is 1. The van der Waals surface area contributed by atoms with Crippen molar-refractivity contribution in [2.45, 2.75) is 30.6 Å². The standard InChI is InChI=1S/C12H20N4OS/c1-16-8-9(6-15-16)11(13)12(17)14-7-10-4-2-3-5-18-10/h6,8,10-11H,2-5,7,13H2,1H3,(H,14,17). The summed E-state index contributed by atoms with van der Waals surface area (Å²) in [4.78, 5) is 11.9. The lowest BCUT2D eigenvalue weighted by Crippen LogP contribution is -2.38. The van der Waals surface area contributed by atoms with Crippen molar-refractivity contribution in [3.05, 3.63) is 18.0 Å². The predicted molar refractivity (Wildman–Crippen MR) is 73.2 cm³/mol. The maximum atomic E-state index is 11.9. The highest BCUT2D eigenvalue weighted by Gasteiger charge is 2.19. The lowest BCUT2D eigenvalue weighted by Gasteiger charge is -2.22. The molecule has 2 heterocycles. The molecule has 1 aliphatic rings. The van der Waals surface area contributed by atoms with Gasteiger partial charge in [-0.25, -0.2) is 0 Å². The van der Waals surface area contributed by atoms with E-state index in [2.05, 4.69) is 10.4 Å². The van der Waals surface area contributed by atoms with Crippen molar-refractivity contribution in [2.24, 2.45) is 12.8 Å². The molecule has 0 radical (unpaired) electrons. The Morgan fingerprint density at radius 1 is 1.72 bits per heavy atom. The fourth-order valence-corrected chi connectivity index (χ4v) is 3.28. The van der Waals surface area contributed by atoms with Crippen LogP contribution in [0, 0.1) is 0 Å². The average molecular weight is 268 g/mol. The van der Waals surface area contributed by atoms with Gasteiger partial charge in [0.05, 0.1) is 6.20 Å². The Morgan fingerprint density at radius 2 is 2.56 bits per heavy atom. The van der Waals surface area contributed by atoms with Crippen LogP contribution in [-0.4, -0.2) is 33.2 Å². The second-order valence-corrected chi connectivity index (χ2v) is 6.07. The van der Waals surface area contributed by atoms with Gasteiger partial charge in [-0.3, -0.25) is 9.48 Å². The minimum Gasteiger partial charge on any atom is -0.353 e. The van der Waals surface area contributed by atoms with Gasteiger partial charge in [-0.2, -0.15) is 16.9 Å². The summed E-state index contributed by atoms with van der Waals surface area (Å²) < 4.78 is 1.65. The number of nitrogens with two attached hydrogens (primary N) is 1. The van der Waals surface area contributed by atoms with Gasteiger partial charge in [0.1, 0.15) is 6.04 Å². The van der Waals surface area contributed by atoms with Gasteiger partial charge in [-0.1, -0.05) is 6.42 Å². The van der Waals surface area contributed by atoms with Crippen LogP contribution in [0.3, 0.4) is 0 Å². The molecule has 1 aliphatic heterocycles. The fourth-order valence-electron chi connectivity index (χ4n) is 2.04. The van der Waals surface area contributed by atoms with Gasteiger partial charge in [0.15, 0.2) is 0 Å². The number of thioether (sulfide) groups is 1. The molecule has 2 atom stereocenters. The number of hydrogen-bond acceptors (Lipinski definition) is 4. The van der Waals surface area contributed by atoms with Gasteiger partial charge in [-0.15, -0.1) is 0 Å². The van der Waals surface area contributed by atoms with Crippen molar-refractivity contribution < 1.29 is 4.79 Å². The summed E-state index contributed by atoms with van der Waals surface area (Å²) in [6.45, 7) is 0.720. The molecule has 2 unspecified atom stereocenters. The quantitative estimate of drug-likeness (QED) is 0.848. The zero-order valence-corrected chi connectivity index (χ0v) is 11.4. The van der Waals surface area contributed by atoms with Crippen molar-refractivity contribution in [1.29, 1.82) is 0 Å². The van der Waals surface area contributed by atoms with E-state index < -0.39 is 6.04 Å². The first-order valence-electron chi connectivity index (χ1n) is 6.30. The fraction of sp³-hybridized carbons (Fsp3) is 0.667. The molecule has 1 saturated heterocycles. The van der Waals surface area contributed by atoms with Gasteiger partial charge < -0.3 is 11.1 Å². The zero-order valence-electron chi connectivity index (χ0n) is 10.6. The maximum Gasteiger partial charge on any atom is 0.241 e. The first kappa shape index (κ1) is 13.4. The van der Waals surface area contributed by atoms with Gasteiger partial charge >= 0.3 is 0 Å². The van der Waals surface area contributed by atoms with E-state index in [-0.39, 0.29) is 5.91 Å². The Labute approximate surface area is 111 Å². The highest BCUT2D eigenvalue weighted by Crippen LogP contribution is 2.24. The molecule has 1 fully saturated rings. The molecule has 0 aromatic carbocycles. The van der Waals surface area contributed by atoms with E-state index in [1.807, 2.05) is 18.8 Å². The van der Waals surface area contributed by atoms with Crippen molar-refractivity contribution in [3.8, 4) is 0 Å². The number of hydrogen-bond donors (Lipinski definition) is 2. The van der Waals surface area contributed by atoms with E-state index in [1.165, 1.54) is 25.0 Å². The summed E-state index contributed by atoms with van der Waals surface area (Å²) in [5, 5.41) is 7.51.